The summed E-state index contributed by atoms with van der Waals surface area (Å²) in [7, 11) is 2.16. The zero-order chi connectivity index (χ0) is 22.6. The van der Waals surface area contributed by atoms with Crippen molar-refractivity contribution in [2.45, 2.75) is 18.9 Å². The zero-order valence-electron chi connectivity index (χ0n) is 18.8. The number of nitrogens with one attached hydrogen (secondary N) is 1. The Labute approximate surface area is 193 Å². The number of terminal acetylenes is 1. The SMILES string of the molecule is C#Cc1cc(OC2CCOCC2)nc2nc(Nc3ccc(N4CCN(C)CC4)cc3)ncc12. The van der Waals surface area contributed by atoms with Gasteiger partial charge in [-0.05, 0) is 31.3 Å². The van der Waals surface area contributed by atoms with Gasteiger partial charge in [-0.15, -0.1) is 6.42 Å². The van der Waals surface area contributed by atoms with Crippen LogP contribution in [0.2, 0.25) is 0 Å². The van der Waals surface area contributed by atoms with Gasteiger partial charge in [0.05, 0.1) is 18.6 Å². The summed E-state index contributed by atoms with van der Waals surface area (Å²) < 4.78 is 11.5. The van der Waals surface area contributed by atoms with Crippen LogP contribution in [-0.4, -0.2) is 72.4 Å². The van der Waals surface area contributed by atoms with Gasteiger partial charge < -0.3 is 24.6 Å². The molecule has 3 aromatic rings. The average molecular weight is 445 g/mol. The molecule has 0 unspecified atom stereocenters. The highest BCUT2D eigenvalue weighted by Crippen LogP contribution is 2.25. The maximum absolute atomic E-state index is 6.07. The summed E-state index contributed by atoms with van der Waals surface area (Å²) in [6, 6.07) is 10.1. The number of hydrogen-bond donors (Lipinski definition) is 1. The van der Waals surface area contributed by atoms with Crippen LogP contribution in [0.1, 0.15) is 18.4 Å². The third-order valence-corrected chi connectivity index (χ3v) is 6.15. The van der Waals surface area contributed by atoms with E-state index in [1.807, 2.05) is 12.1 Å². The summed E-state index contributed by atoms with van der Waals surface area (Å²) in [6.45, 7) is 5.64. The van der Waals surface area contributed by atoms with Crippen LogP contribution in [0, 0.1) is 12.3 Å². The Kier molecular flexibility index (Phi) is 6.24. The zero-order valence-corrected chi connectivity index (χ0v) is 18.8. The fourth-order valence-electron chi connectivity index (χ4n) is 4.14. The molecule has 8 heteroatoms. The molecule has 0 saturated carbocycles. The summed E-state index contributed by atoms with van der Waals surface area (Å²) in [6.07, 6.45) is 9.20. The van der Waals surface area contributed by atoms with Gasteiger partial charge in [0.1, 0.15) is 6.10 Å². The molecule has 2 aromatic heterocycles. The van der Waals surface area contributed by atoms with E-state index in [2.05, 4.69) is 55.2 Å². The second-order valence-electron chi connectivity index (χ2n) is 8.48. The van der Waals surface area contributed by atoms with Crippen LogP contribution < -0.4 is 15.0 Å². The van der Waals surface area contributed by atoms with Gasteiger partial charge in [-0.2, -0.15) is 9.97 Å². The van der Waals surface area contributed by atoms with Gasteiger partial charge in [-0.3, -0.25) is 0 Å². The number of ether oxygens (including phenoxy) is 2. The first-order valence-corrected chi connectivity index (χ1v) is 11.4. The van der Waals surface area contributed by atoms with Gasteiger partial charge in [0, 0.05) is 68.2 Å². The summed E-state index contributed by atoms with van der Waals surface area (Å²) in [5, 5.41) is 4.00. The van der Waals surface area contributed by atoms with Crippen LogP contribution in [0.15, 0.2) is 36.5 Å². The Hall–Kier alpha value is -3.41. The first kappa shape index (κ1) is 21.4. The van der Waals surface area contributed by atoms with E-state index in [1.165, 1.54) is 5.69 Å². The number of nitrogens with zero attached hydrogens (tertiary/aromatic N) is 5. The van der Waals surface area contributed by atoms with Crippen molar-refractivity contribution in [1.82, 2.24) is 19.9 Å². The Bertz CT molecular complexity index is 1150. The molecular formula is C25H28N6O2. The molecule has 1 aromatic carbocycles. The van der Waals surface area contributed by atoms with Gasteiger partial charge >= 0.3 is 0 Å². The molecular weight excluding hydrogens is 416 g/mol. The highest BCUT2D eigenvalue weighted by molar-refractivity contribution is 5.83. The van der Waals surface area contributed by atoms with E-state index in [0.717, 1.165) is 50.1 Å². The van der Waals surface area contributed by atoms with Crippen molar-refractivity contribution in [3.63, 3.8) is 0 Å². The van der Waals surface area contributed by atoms with E-state index < -0.39 is 0 Å². The molecule has 2 saturated heterocycles. The van der Waals surface area contributed by atoms with Gasteiger partial charge in [0.25, 0.3) is 0 Å². The molecule has 0 atom stereocenters. The van der Waals surface area contributed by atoms with E-state index in [0.29, 0.717) is 36.3 Å². The third kappa shape index (κ3) is 5.00. The monoisotopic (exact) mass is 444 g/mol. The highest BCUT2D eigenvalue weighted by Gasteiger charge is 2.18. The lowest BCUT2D eigenvalue weighted by Crippen LogP contribution is -2.44. The van der Waals surface area contributed by atoms with Crippen molar-refractivity contribution in [3.05, 3.63) is 42.1 Å². The number of fused-ring (bicyclic) bond motifs is 1. The third-order valence-electron chi connectivity index (χ3n) is 6.15. The number of rotatable bonds is 5. The summed E-state index contributed by atoms with van der Waals surface area (Å²) in [4.78, 5) is 18.4. The normalized spacial score (nSPS) is 17.6. The largest absolute Gasteiger partial charge is 0.474 e. The molecule has 0 bridgehead atoms. The van der Waals surface area contributed by atoms with E-state index in [-0.39, 0.29) is 6.10 Å². The predicted octanol–water partition coefficient (Wildman–Crippen LogP) is 3.06. The molecule has 0 spiro atoms. The van der Waals surface area contributed by atoms with Crippen LogP contribution in [0.5, 0.6) is 5.88 Å². The summed E-state index contributed by atoms with van der Waals surface area (Å²) in [5.74, 6) is 3.66. The lowest BCUT2D eigenvalue weighted by molar-refractivity contribution is 0.0238. The van der Waals surface area contributed by atoms with Crippen LogP contribution in [0.4, 0.5) is 17.3 Å². The van der Waals surface area contributed by atoms with E-state index in [1.54, 1.807) is 12.3 Å². The summed E-state index contributed by atoms with van der Waals surface area (Å²) >= 11 is 0. The van der Waals surface area contributed by atoms with Crippen molar-refractivity contribution in [2.75, 3.05) is 56.7 Å². The number of aromatic nitrogens is 3. The molecule has 8 nitrogen and oxygen atoms in total. The molecule has 4 heterocycles. The first-order chi connectivity index (χ1) is 16.2. The van der Waals surface area contributed by atoms with E-state index >= 15 is 0 Å². The van der Waals surface area contributed by atoms with Crippen LogP contribution in [0.3, 0.4) is 0 Å². The van der Waals surface area contributed by atoms with Crippen LogP contribution >= 0.6 is 0 Å². The second kappa shape index (κ2) is 9.61. The molecule has 33 heavy (non-hydrogen) atoms. The minimum Gasteiger partial charge on any atom is -0.474 e. The Balaban J connectivity index is 1.33. The molecule has 2 aliphatic rings. The Morgan fingerprint density at radius 1 is 1.09 bits per heavy atom. The van der Waals surface area contributed by atoms with Gasteiger partial charge in [0.15, 0.2) is 5.65 Å². The maximum atomic E-state index is 6.07. The molecule has 0 aliphatic carbocycles. The van der Waals surface area contributed by atoms with Gasteiger partial charge in [-0.25, -0.2) is 4.98 Å². The first-order valence-electron chi connectivity index (χ1n) is 11.4. The Morgan fingerprint density at radius 3 is 2.58 bits per heavy atom. The quantitative estimate of drug-likeness (QED) is 0.602. The van der Waals surface area contributed by atoms with E-state index in [4.69, 9.17) is 15.9 Å². The summed E-state index contributed by atoms with van der Waals surface area (Å²) in [5.41, 5.74) is 3.33. The van der Waals surface area contributed by atoms with Crippen molar-refractivity contribution >= 4 is 28.4 Å². The molecule has 5 rings (SSSR count). The smallest absolute Gasteiger partial charge is 0.229 e. The van der Waals surface area contributed by atoms with Crippen molar-refractivity contribution < 1.29 is 9.47 Å². The number of hydrogen-bond acceptors (Lipinski definition) is 8. The number of piperazine rings is 1. The van der Waals surface area contributed by atoms with Crippen LogP contribution in [-0.2, 0) is 4.74 Å². The topological polar surface area (TPSA) is 75.6 Å². The maximum Gasteiger partial charge on any atom is 0.229 e. The highest BCUT2D eigenvalue weighted by atomic mass is 16.5. The minimum absolute atomic E-state index is 0.0765. The number of benzene rings is 1. The van der Waals surface area contributed by atoms with Gasteiger partial charge in [0.2, 0.25) is 11.8 Å². The Morgan fingerprint density at radius 2 is 1.85 bits per heavy atom. The van der Waals surface area contributed by atoms with Gasteiger partial charge in [-0.1, -0.05) is 5.92 Å². The molecule has 2 fully saturated rings. The standard InChI is InChI=1S/C25H28N6O2/c1-3-18-16-23(33-21-8-14-32-15-9-21)28-24-22(18)17-26-25(29-24)27-19-4-6-20(7-5-19)31-12-10-30(2)11-13-31/h1,4-7,16-17,21H,8-15H2,2H3,(H,26,27,28,29). The second-order valence-corrected chi connectivity index (χ2v) is 8.48. The van der Waals surface area contributed by atoms with Crippen molar-refractivity contribution in [2.24, 2.45) is 0 Å². The minimum atomic E-state index is 0.0765. The lowest BCUT2D eigenvalue weighted by atomic mass is 10.1. The number of likely N-dealkylation sites (N-methyl/N-ethyl adjacent to an activating group) is 1. The number of anilines is 3. The van der Waals surface area contributed by atoms with E-state index in [9.17, 15) is 0 Å². The predicted molar refractivity (Wildman–Crippen MR) is 129 cm³/mol. The van der Waals surface area contributed by atoms with Crippen molar-refractivity contribution in [1.29, 1.82) is 0 Å². The molecule has 2 aliphatic heterocycles. The molecule has 1 N–H and O–H groups in total. The fourth-order valence-corrected chi connectivity index (χ4v) is 4.14. The van der Waals surface area contributed by atoms with Crippen LogP contribution in [0.25, 0.3) is 11.0 Å². The molecule has 0 amide bonds. The number of pyridine rings is 1. The fraction of sp³-hybridized carbons (Fsp3) is 0.400. The van der Waals surface area contributed by atoms with Crippen molar-refractivity contribution in [3.8, 4) is 18.2 Å². The lowest BCUT2D eigenvalue weighted by Gasteiger charge is -2.34. The average Bonchev–Trinajstić information content (AvgIpc) is 2.85. The molecule has 170 valence electrons. The molecule has 0 radical (unpaired) electrons.